The van der Waals surface area contributed by atoms with Crippen molar-refractivity contribution in [2.75, 3.05) is 49.1 Å². The molecule has 0 unspecified atom stereocenters. The summed E-state index contributed by atoms with van der Waals surface area (Å²) < 4.78 is 5.00. The zero-order valence-electron chi connectivity index (χ0n) is 16.0. The predicted octanol–water partition coefficient (Wildman–Crippen LogP) is 1.97. The molecule has 1 amide bonds. The Bertz CT molecular complexity index is 774. The lowest BCUT2D eigenvalue weighted by Crippen LogP contribution is -2.49. The van der Waals surface area contributed by atoms with Crippen LogP contribution in [0.15, 0.2) is 22.9 Å². The van der Waals surface area contributed by atoms with Gasteiger partial charge in [0.25, 0.3) is 5.91 Å². The van der Waals surface area contributed by atoms with Crippen LogP contribution < -0.4 is 9.80 Å². The van der Waals surface area contributed by atoms with Gasteiger partial charge in [-0.05, 0) is 37.8 Å². The third-order valence-corrected chi connectivity index (χ3v) is 5.62. The van der Waals surface area contributed by atoms with E-state index in [2.05, 4.69) is 38.1 Å². The van der Waals surface area contributed by atoms with E-state index in [9.17, 15) is 4.79 Å². The van der Waals surface area contributed by atoms with E-state index in [4.69, 9.17) is 4.52 Å². The van der Waals surface area contributed by atoms with Crippen LogP contribution in [-0.2, 0) is 0 Å². The molecule has 8 heteroatoms. The molecule has 0 saturated carbocycles. The van der Waals surface area contributed by atoms with Gasteiger partial charge in [0, 0.05) is 39.3 Å². The number of nitrogens with zero attached hydrogens (tertiary/aromatic N) is 6. The lowest BCUT2D eigenvalue weighted by atomic mass is 9.99. The number of piperazine rings is 1. The summed E-state index contributed by atoms with van der Waals surface area (Å²) in [7, 11) is 0. The van der Waals surface area contributed by atoms with Gasteiger partial charge in [-0.15, -0.1) is 10.2 Å². The first kappa shape index (κ1) is 17.8. The molecule has 2 aromatic rings. The molecule has 4 rings (SSSR count). The fourth-order valence-corrected chi connectivity index (χ4v) is 3.71. The molecule has 0 atom stereocenters. The largest absolute Gasteiger partial charge is 0.361 e. The standard InChI is InChI=1S/C19H26N6O2/c1-14-5-7-23(8-6-14)17-3-4-18(22-21-17)24-9-11-25(12-10-24)19(26)16-13-20-27-15(16)2/h3-4,13-14H,5-12H2,1-2H3. The van der Waals surface area contributed by atoms with Crippen LogP contribution in [0.5, 0.6) is 0 Å². The molecule has 0 aromatic carbocycles. The number of anilines is 2. The van der Waals surface area contributed by atoms with E-state index in [1.54, 1.807) is 6.92 Å². The Kier molecular flexibility index (Phi) is 4.96. The van der Waals surface area contributed by atoms with Crippen molar-refractivity contribution < 1.29 is 9.32 Å². The normalized spacial score (nSPS) is 18.8. The van der Waals surface area contributed by atoms with Crippen molar-refractivity contribution in [2.45, 2.75) is 26.7 Å². The molecule has 0 radical (unpaired) electrons. The number of aromatic nitrogens is 3. The van der Waals surface area contributed by atoms with Crippen LogP contribution in [0.1, 0.15) is 35.9 Å². The monoisotopic (exact) mass is 370 g/mol. The molecule has 8 nitrogen and oxygen atoms in total. The molecular formula is C19H26N6O2. The average molecular weight is 370 g/mol. The van der Waals surface area contributed by atoms with Gasteiger partial charge in [0.15, 0.2) is 11.6 Å². The fraction of sp³-hybridized carbons (Fsp3) is 0.579. The molecule has 4 heterocycles. The van der Waals surface area contributed by atoms with Crippen molar-refractivity contribution >= 4 is 17.5 Å². The van der Waals surface area contributed by atoms with Gasteiger partial charge in [-0.1, -0.05) is 12.1 Å². The third-order valence-electron chi connectivity index (χ3n) is 5.62. The molecule has 2 saturated heterocycles. The molecule has 27 heavy (non-hydrogen) atoms. The Labute approximate surface area is 159 Å². The molecule has 144 valence electrons. The Morgan fingerprint density at radius 2 is 1.59 bits per heavy atom. The second kappa shape index (κ2) is 7.54. The van der Waals surface area contributed by atoms with Gasteiger partial charge in [0.1, 0.15) is 11.3 Å². The molecule has 0 spiro atoms. The van der Waals surface area contributed by atoms with E-state index in [1.807, 2.05) is 11.0 Å². The smallest absolute Gasteiger partial charge is 0.259 e. The van der Waals surface area contributed by atoms with E-state index in [0.717, 1.165) is 43.7 Å². The van der Waals surface area contributed by atoms with E-state index < -0.39 is 0 Å². The maximum Gasteiger partial charge on any atom is 0.259 e. The van der Waals surface area contributed by atoms with Crippen molar-refractivity contribution in [3.05, 3.63) is 29.7 Å². The molecule has 0 bridgehead atoms. The molecule has 2 aliphatic heterocycles. The first-order valence-corrected chi connectivity index (χ1v) is 9.66. The van der Waals surface area contributed by atoms with Gasteiger partial charge < -0.3 is 19.2 Å². The number of aryl methyl sites for hydroxylation is 1. The Morgan fingerprint density at radius 3 is 2.11 bits per heavy atom. The SMILES string of the molecule is Cc1oncc1C(=O)N1CCN(c2ccc(N3CCC(C)CC3)nn2)CC1. The molecular weight excluding hydrogens is 344 g/mol. The van der Waals surface area contributed by atoms with Crippen molar-refractivity contribution in [3.63, 3.8) is 0 Å². The summed E-state index contributed by atoms with van der Waals surface area (Å²) in [5.41, 5.74) is 0.545. The van der Waals surface area contributed by atoms with Crippen molar-refractivity contribution in [2.24, 2.45) is 5.92 Å². The minimum absolute atomic E-state index is 0.0193. The van der Waals surface area contributed by atoms with Gasteiger partial charge in [-0.25, -0.2) is 0 Å². The fourth-order valence-electron chi connectivity index (χ4n) is 3.71. The van der Waals surface area contributed by atoms with Crippen molar-refractivity contribution in [1.29, 1.82) is 0 Å². The van der Waals surface area contributed by atoms with Gasteiger partial charge >= 0.3 is 0 Å². The number of piperidine rings is 1. The highest BCUT2D eigenvalue weighted by Crippen LogP contribution is 2.22. The van der Waals surface area contributed by atoms with Gasteiger partial charge in [-0.2, -0.15) is 0 Å². The van der Waals surface area contributed by atoms with E-state index in [1.165, 1.54) is 19.0 Å². The lowest BCUT2D eigenvalue weighted by molar-refractivity contribution is 0.0744. The van der Waals surface area contributed by atoms with E-state index in [0.29, 0.717) is 24.4 Å². The van der Waals surface area contributed by atoms with Gasteiger partial charge in [0.2, 0.25) is 0 Å². The Balaban J connectivity index is 1.34. The number of rotatable bonds is 3. The van der Waals surface area contributed by atoms with Crippen molar-refractivity contribution in [1.82, 2.24) is 20.3 Å². The quantitative estimate of drug-likeness (QED) is 0.817. The van der Waals surface area contributed by atoms with Gasteiger partial charge in [-0.3, -0.25) is 4.79 Å². The molecule has 2 aliphatic rings. The highest BCUT2D eigenvalue weighted by Gasteiger charge is 2.25. The van der Waals surface area contributed by atoms with Crippen LogP contribution in [0.25, 0.3) is 0 Å². The summed E-state index contributed by atoms with van der Waals surface area (Å²) in [6, 6.07) is 4.11. The van der Waals surface area contributed by atoms with Crippen LogP contribution in [0.3, 0.4) is 0 Å². The van der Waals surface area contributed by atoms with Crippen LogP contribution >= 0.6 is 0 Å². The van der Waals surface area contributed by atoms with Gasteiger partial charge in [0.05, 0.1) is 6.20 Å². The zero-order valence-corrected chi connectivity index (χ0v) is 16.0. The molecule has 0 N–H and O–H groups in total. The lowest BCUT2D eigenvalue weighted by Gasteiger charge is -2.35. The molecule has 2 fully saturated rings. The number of carbonyl (C=O) groups is 1. The maximum absolute atomic E-state index is 12.5. The summed E-state index contributed by atoms with van der Waals surface area (Å²) in [5, 5.41) is 12.6. The number of hydrogen-bond acceptors (Lipinski definition) is 7. The summed E-state index contributed by atoms with van der Waals surface area (Å²) in [6.45, 7) is 8.96. The average Bonchev–Trinajstić information content (AvgIpc) is 3.14. The zero-order chi connectivity index (χ0) is 18.8. The minimum atomic E-state index is -0.0193. The van der Waals surface area contributed by atoms with E-state index in [-0.39, 0.29) is 5.91 Å². The molecule has 0 aliphatic carbocycles. The van der Waals surface area contributed by atoms with Crippen LogP contribution in [0.2, 0.25) is 0 Å². The highest BCUT2D eigenvalue weighted by atomic mass is 16.5. The van der Waals surface area contributed by atoms with Crippen LogP contribution in [0.4, 0.5) is 11.6 Å². The number of amides is 1. The molecule has 2 aromatic heterocycles. The maximum atomic E-state index is 12.5. The second-order valence-electron chi connectivity index (χ2n) is 7.49. The number of hydrogen-bond donors (Lipinski definition) is 0. The summed E-state index contributed by atoms with van der Waals surface area (Å²) in [4.78, 5) is 18.9. The van der Waals surface area contributed by atoms with Crippen molar-refractivity contribution in [3.8, 4) is 0 Å². The topological polar surface area (TPSA) is 78.6 Å². The Morgan fingerprint density at radius 1 is 1.00 bits per heavy atom. The Hall–Kier alpha value is -2.64. The first-order chi connectivity index (χ1) is 13.1. The van der Waals surface area contributed by atoms with E-state index >= 15 is 0 Å². The summed E-state index contributed by atoms with van der Waals surface area (Å²) >= 11 is 0. The predicted molar refractivity (Wildman–Crippen MR) is 102 cm³/mol. The van der Waals surface area contributed by atoms with Crippen LogP contribution in [0, 0.1) is 12.8 Å². The third kappa shape index (κ3) is 3.74. The first-order valence-electron chi connectivity index (χ1n) is 9.66. The number of carbonyl (C=O) groups excluding carboxylic acids is 1. The summed E-state index contributed by atoms with van der Waals surface area (Å²) in [6.07, 6.45) is 3.92. The van der Waals surface area contributed by atoms with Crippen LogP contribution in [-0.4, -0.2) is 65.4 Å². The second-order valence-corrected chi connectivity index (χ2v) is 7.49. The highest BCUT2D eigenvalue weighted by molar-refractivity contribution is 5.94. The minimum Gasteiger partial charge on any atom is -0.361 e. The summed E-state index contributed by atoms with van der Waals surface area (Å²) in [5.74, 6) is 3.18.